The standard InChI is InChI=1S/C17H17F2NO3S/c18-14-7-8-15(16(19)11-14)17(21)20-9-4-10-24(22,23)12-13-5-2-1-3-6-13/h1-3,5-8,11H,4,9-10,12H2,(H,20,21). The number of hydrogen-bond acceptors (Lipinski definition) is 3. The van der Waals surface area contributed by atoms with Crippen molar-refractivity contribution in [2.45, 2.75) is 12.2 Å². The Kier molecular flexibility index (Phi) is 6.03. The maximum absolute atomic E-state index is 13.4. The Labute approximate surface area is 139 Å². The minimum atomic E-state index is -3.29. The largest absolute Gasteiger partial charge is 0.352 e. The molecule has 0 aliphatic carbocycles. The molecule has 24 heavy (non-hydrogen) atoms. The Hall–Kier alpha value is -2.28. The van der Waals surface area contributed by atoms with E-state index in [1.165, 1.54) is 0 Å². The van der Waals surface area contributed by atoms with Crippen molar-refractivity contribution in [3.63, 3.8) is 0 Å². The molecular formula is C17H17F2NO3S. The normalized spacial score (nSPS) is 11.2. The molecule has 0 unspecified atom stereocenters. The van der Waals surface area contributed by atoms with Crippen LogP contribution in [0.5, 0.6) is 0 Å². The third-order valence-electron chi connectivity index (χ3n) is 3.32. The zero-order valence-electron chi connectivity index (χ0n) is 12.8. The fourth-order valence-corrected chi connectivity index (χ4v) is 3.59. The number of hydrogen-bond donors (Lipinski definition) is 1. The summed E-state index contributed by atoms with van der Waals surface area (Å²) in [4.78, 5) is 11.8. The Morgan fingerprint density at radius 3 is 2.42 bits per heavy atom. The Morgan fingerprint density at radius 1 is 1.04 bits per heavy atom. The Bertz CT molecular complexity index is 808. The number of carbonyl (C=O) groups excluding carboxylic acids is 1. The summed E-state index contributed by atoms with van der Waals surface area (Å²) in [6.45, 7) is 0.0870. The van der Waals surface area contributed by atoms with E-state index in [0.717, 1.165) is 12.1 Å². The Balaban J connectivity index is 1.80. The lowest BCUT2D eigenvalue weighted by Crippen LogP contribution is -2.27. The predicted octanol–water partition coefficient (Wildman–Crippen LogP) is 2.70. The molecule has 2 aromatic rings. The molecule has 0 atom stereocenters. The summed E-state index contributed by atoms with van der Waals surface area (Å²) in [5, 5.41) is 2.43. The Morgan fingerprint density at radius 2 is 1.75 bits per heavy atom. The second kappa shape index (κ2) is 8.01. The highest BCUT2D eigenvalue weighted by Gasteiger charge is 2.14. The van der Waals surface area contributed by atoms with Crippen LogP contribution >= 0.6 is 0 Å². The second-order valence-corrected chi connectivity index (χ2v) is 7.50. The molecule has 0 heterocycles. The van der Waals surface area contributed by atoms with Crippen molar-refractivity contribution in [1.29, 1.82) is 0 Å². The summed E-state index contributed by atoms with van der Waals surface area (Å²) < 4.78 is 50.2. The van der Waals surface area contributed by atoms with Gasteiger partial charge in [-0.1, -0.05) is 30.3 Å². The van der Waals surface area contributed by atoms with Crippen LogP contribution in [0, 0.1) is 11.6 Å². The lowest BCUT2D eigenvalue weighted by Gasteiger charge is -2.07. The number of amides is 1. The fourth-order valence-electron chi connectivity index (χ4n) is 2.16. The highest BCUT2D eigenvalue weighted by molar-refractivity contribution is 7.90. The van der Waals surface area contributed by atoms with E-state index in [9.17, 15) is 22.0 Å². The highest BCUT2D eigenvalue weighted by Crippen LogP contribution is 2.10. The van der Waals surface area contributed by atoms with E-state index < -0.39 is 27.4 Å². The monoisotopic (exact) mass is 353 g/mol. The first-order chi connectivity index (χ1) is 11.4. The van der Waals surface area contributed by atoms with E-state index >= 15 is 0 Å². The summed E-state index contributed by atoms with van der Waals surface area (Å²) in [6.07, 6.45) is 0.212. The molecule has 0 spiro atoms. The SMILES string of the molecule is O=C(NCCCS(=O)(=O)Cc1ccccc1)c1ccc(F)cc1F. The number of nitrogens with one attached hydrogen (secondary N) is 1. The van der Waals surface area contributed by atoms with Crippen molar-refractivity contribution in [3.05, 3.63) is 71.3 Å². The molecule has 7 heteroatoms. The van der Waals surface area contributed by atoms with E-state index in [1.807, 2.05) is 0 Å². The molecule has 0 radical (unpaired) electrons. The van der Waals surface area contributed by atoms with Crippen LogP contribution in [0.2, 0.25) is 0 Å². The average molecular weight is 353 g/mol. The van der Waals surface area contributed by atoms with Crippen LogP contribution in [-0.2, 0) is 15.6 Å². The molecule has 0 fully saturated rings. The molecule has 0 aromatic heterocycles. The minimum Gasteiger partial charge on any atom is -0.352 e. The second-order valence-electron chi connectivity index (χ2n) is 5.31. The van der Waals surface area contributed by atoms with Crippen LogP contribution in [0.1, 0.15) is 22.3 Å². The first kappa shape index (κ1) is 18.1. The molecule has 4 nitrogen and oxygen atoms in total. The van der Waals surface area contributed by atoms with Crippen molar-refractivity contribution in [2.24, 2.45) is 0 Å². The number of sulfone groups is 1. The molecule has 128 valence electrons. The van der Waals surface area contributed by atoms with Crippen molar-refractivity contribution in [3.8, 4) is 0 Å². The predicted molar refractivity (Wildman–Crippen MR) is 87.2 cm³/mol. The van der Waals surface area contributed by atoms with Gasteiger partial charge in [-0.3, -0.25) is 4.79 Å². The third-order valence-corrected chi connectivity index (χ3v) is 5.01. The van der Waals surface area contributed by atoms with Crippen LogP contribution < -0.4 is 5.32 Å². The topological polar surface area (TPSA) is 63.2 Å². The molecular weight excluding hydrogens is 336 g/mol. The quantitative estimate of drug-likeness (QED) is 0.779. The lowest BCUT2D eigenvalue weighted by molar-refractivity contribution is 0.0949. The summed E-state index contributed by atoms with van der Waals surface area (Å²) in [5.41, 5.74) is 0.429. The van der Waals surface area contributed by atoms with Gasteiger partial charge in [0, 0.05) is 12.6 Å². The van der Waals surface area contributed by atoms with Gasteiger partial charge in [-0.25, -0.2) is 17.2 Å². The van der Waals surface area contributed by atoms with E-state index in [4.69, 9.17) is 0 Å². The van der Waals surface area contributed by atoms with Gasteiger partial charge in [-0.05, 0) is 24.1 Å². The summed E-state index contributed by atoms with van der Waals surface area (Å²) in [6, 6.07) is 11.5. The van der Waals surface area contributed by atoms with E-state index in [0.29, 0.717) is 11.6 Å². The zero-order valence-corrected chi connectivity index (χ0v) is 13.7. The van der Waals surface area contributed by atoms with Gasteiger partial charge in [0.15, 0.2) is 9.84 Å². The number of rotatable bonds is 7. The van der Waals surface area contributed by atoms with Gasteiger partial charge in [0.2, 0.25) is 0 Å². The fraction of sp³-hybridized carbons (Fsp3) is 0.235. The molecule has 0 aliphatic rings. The number of carbonyl (C=O) groups is 1. The molecule has 0 saturated carbocycles. The van der Waals surface area contributed by atoms with Crippen LogP contribution in [0.4, 0.5) is 8.78 Å². The third kappa shape index (κ3) is 5.42. The zero-order chi connectivity index (χ0) is 17.6. The molecule has 0 bridgehead atoms. The van der Waals surface area contributed by atoms with Crippen molar-refractivity contribution < 1.29 is 22.0 Å². The average Bonchev–Trinajstić information content (AvgIpc) is 2.52. The van der Waals surface area contributed by atoms with Gasteiger partial charge in [-0.15, -0.1) is 0 Å². The first-order valence-electron chi connectivity index (χ1n) is 7.35. The van der Waals surface area contributed by atoms with Gasteiger partial charge >= 0.3 is 0 Å². The van der Waals surface area contributed by atoms with Gasteiger partial charge in [-0.2, -0.15) is 0 Å². The summed E-state index contributed by atoms with van der Waals surface area (Å²) in [5.74, 6) is -2.57. The number of benzene rings is 2. The van der Waals surface area contributed by atoms with Gasteiger partial charge < -0.3 is 5.32 Å². The van der Waals surface area contributed by atoms with E-state index in [2.05, 4.69) is 5.32 Å². The maximum Gasteiger partial charge on any atom is 0.254 e. The minimum absolute atomic E-state index is 0.0611. The first-order valence-corrected chi connectivity index (χ1v) is 9.17. The molecule has 0 aliphatic heterocycles. The molecule has 0 saturated heterocycles. The van der Waals surface area contributed by atoms with Crippen LogP contribution in [0.15, 0.2) is 48.5 Å². The molecule has 1 N–H and O–H groups in total. The van der Waals surface area contributed by atoms with Crippen molar-refractivity contribution in [2.75, 3.05) is 12.3 Å². The van der Waals surface area contributed by atoms with Gasteiger partial charge in [0.05, 0.1) is 17.1 Å². The number of halogens is 2. The van der Waals surface area contributed by atoms with Crippen molar-refractivity contribution in [1.82, 2.24) is 5.32 Å². The van der Waals surface area contributed by atoms with E-state index in [1.54, 1.807) is 30.3 Å². The molecule has 2 aromatic carbocycles. The summed E-state index contributed by atoms with van der Waals surface area (Å²) in [7, 11) is -3.29. The van der Waals surface area contributed by atoms with Crippen LogP contribution in [-0.4, -0.2) is 26.6 Å². The summed E-state index contributed by atoms with van der Waals surface area (Å²) >= 11 is 0. The molecule has 1 amide bonds. The van der Waals surface area contributed by atoms with Crippen LogP contribution in [0.25, 0.3) is 0 Å². The van der Waals surface area contributed by atoms with Gasteiger partial charge in [0.1, 0.15) is 11.6 Å². The lowest BCUT2D eigenvalue weighted by atomic mass is 10.2. The van der Waals surface area contributed by atoms with Crippen LogP contribution in [0.3, 0.4) is 0 Å². The maximum atomic E-state index is 13.4. The highest BCUT2D eigenvalue weighted by atomic mass is 32.2. The van der Waals surface area contributed by atoms with Crippen molar-refractivity contribution >= 4 is 15.7 Å². The molecule has 2 rings (SSSR count). The van der Waals surface area contributed by atoms with Gasteiger partial charge in [0.25, 0.3) is 5.91 Å². The smallest absolute Gasteiger partial charge is 0.254 e. The van der Waals surface area contributed by atoms with E-state index in [-0.39, 0.29) is 30.0 Å².